The summed E-state index contributed by atoms with van der Waals surface area (Å²) in [5.41, 5.74) is 1.06. The minimum Gasteiger partial charge on any atom is -0.311 e. The molecule has 0 saturated heterocycles. The van der Waals surface area contributed by atoms with Gasteiger partial charge in [0.1, 0.15) is 0 Å². The average molecular weight is 264 g/mol. The fraction of sp³-hybridized carbons (Fsp3) is 0.867. The summed E-state index contributed by atoms with van der Waals surface area (Å²) < 4.78 is 1.94. The Morgan fingerprint density at radius 3 is 2.63 bits per heavy atom. The van der Waals surface area contributed by atoms with Crippen LogP contribution in [-0.4, -0.2) is 21.5 Å². The van der Waals surface area contributed by atoms with Gasteiger partial charge in [0.05, 0.1) is 17.4 Å². The lowest BCUT2D eigenvalue weighted by Gasteiger charge is -2.21. The molecule has 0 amide bonds. The molecule has 0 unspecified atom stereocenters. The SMILES string of the molecule is CC(C)(C)n1cc(CNCCC2CCCCC2)nn1. The van der Waals surface area contributed by atoms with Crippen molar-refractivity contribution in [3.63, 3.8) is 0 Å². The van der Waals surface area contributed by atoms with Gasteiger partial charge < -0.3 is 5.32 Å². The van der Waals surface area contributed by atoms with Crippen molar-refractivity contribution in [1.29, 1.82) is 0 Å². The molecule has 108 valence electrons. The summed E-state index contributed by atoms with van der Waals surface area (Å²) in [7, 11) is 0. The second kappa shape index (κ2) is 6.51. The zero-order valence-electron chi connectivity index (χ0n) is 12.7. The summed E-state index contributed by atoms with van der Waals surface area (Å²) in [6.07, 6.45) is 10.5. The van der Waals surface area contributed by atoms with Gasteiger partial charge in [-0.15, -0.1) is 5.10 Å². The van der Waals surface area contributed by atoms with Gasteiger partial charge in [0.25, 0.3) is 0 Å². The van der Waals surface area contributed by atoms with E-state index in [1.165, 1.54) is 38.5 Å². The lowest BCUT2D eigenvalue weighted by atomic mass is 9.87. The third-order valence-electron chi connectivity index (χ3n) is 3.99. The van der Waals surface area contributed by atoms with Crippen molar-refractivity contribution in [2.75, 3.05) is 6.54 Å². The molecule has 0 spiro atoms. The Bertz CT molecular complexity index is 372. The van der Waals surface area contributed by atoms with E-state index in [0.717, 1.165) is 24.7 Å². The molecule has 0 radical (unpaired) electrons. The molecule has 1 saturated carbocycles. The molecule has 0 aliphatic heterocycles. The van der Waals surface area contributed by atoms with Gasteiger partial charge in [0.2, 0.25) is 0 Å². The van der Waals surface area contributed by atoms with Gasteiger partial charge in [-0.05, 0) is 39.7 Å². The molecule has 0 aromatic carbocycles. The van der Waals surface area contributed by atoms with Crippen LogP contribution in [0.2, 0.25) is 0 Å². The van der Waals surface area contributed by atoms with Crippen molar-refractivity contribution in [1.82, 2.24) is 20.3 Å². The molecule has 1 heterocycles. The van der Waals surface area contributed by atoms with Crippen LogP contribution in [0.5, 0.6) is 0 Å². The first-order valence-corrected chi connectivity index (χ1v) is 7.68. The number of hydrogen-bond acceptors (Lipinski definition) is 3. The maximum atomic E-state index is 4.22. The Morgan fingerprint density at radius 2 is 2.00 bits per heavy atom. The Hall–Kier alpha value is -0.900. The van der Waals surface area contributed by atoms with E-state index in [0.29, 0.717) is 0 Å². The molecule has 19 heavy (non-hydrogen) atoms. The first kappa shape index (κ1) is 14.5. The number of hydrogen-bond donors (Lipinski definition) is 1. The first-order valence-electron chi connectivity index (χ1n) is 7.68. The Kier molecular flexibility index (Phi) is 4.97. The number of aromatic nitrogens is 3. The fourth-order valence-corrected chi connectivity index (χ4v) is 2.71. The van der Waals surface area contributed by atoms with Gasteiger partial charge in [-0.1, -0.05) is 37.3 Å². The average Bonchev–Trinajstić information content (AvgIpc) is 2.85. The van der Waals surface area contributed by atoms with Crippen LogP contribution in [0.4, 0.5) is 0 Å². The van der Waals surface area contributed by atoms with E-state index < -0.39 is 0 Å². The molecule has 1 aliphatic rings. The standard InChI is InChI=1S/C15H28N4/c1-15(2,3)19-12-14(17-18-19)11-16-10-9-13-7-5-4-6-8-13/h12-13,16H,4-11H2,1-3H3. The van der Waals surface area contributed by atoms with Gasteiger partial charge >= 0.3 is 0 Å². The van der Waals surface area contributed by atoms with Crippen molar-refractivity contribution >= 4 is 0 Å². The minimum atomic E-state index is 0.0212. The van der Waals surface area contributed by atoms with Crippen LogP contribution < -0.4 is 5.32 Å². The largest absolute Gasteiger partial charge is 0.311 e. The molecule has 4 nitrogen and oxygen atoms in total. The van der Waals surface area contributed by atoms with Gasteiger partial charge in [-0.3, -0.25) is 0 Å². The Balaban J connectivity index is 1.66. The molecule has 1 fully saturated rings. The van der Waals surface area contributed by atoms with Crippen molar-refractivity contribution in [3.05, 3.63) is 11.9 Å². The summed E-state index contributed by atoms with van der Waals surface area (Å²) in [5, 5.41) is 11.9. The monoisotopic (exact) mass is 264 g/mol. The van der Waals surface area contributed by atoms with Crippen molar-refractivity contribution in [2.45, 2.75) is 71.4 Å². The van der Waals surface area contributed by atoms with E-state index in [1.54, 1.807) is 0 Å². The zero-order valence-corrected chi connectivity index (χ0v) is 12.7. The molecule has 1 aromatic rings. The van der Waals surface area contributed by atoms with E-state index in [1.807, 2.05) is 10.9 Å². The fourth-order valence-electron chi connectivity index (χ4n) is 2.71. The molecule has 0 bridgehead atoms. The van der Waals surface area contributed by atoms with Crippen LogP contribution in [-0.2, 0) is 12.1 Å². The van der Waals surface area contributed by atoms with E-state index in [-0.39, 0.29) is 5.54 Å². The van der Waals surface area contributed by atoms with E-state index in [9.17, 15) is 0 Å². The third kappa shape index (κ3) is 4.60. The van der Waals surface area contributed by atoms with Crippen molar-refractivity contribution in [3.8, 4) is 0 Å². The summed E-state index contributed by atoms with van der Waals surface area (Å²) in [6.45, 7) is 8.36. The smallest absolute Gasteiger partial charge is 0.0965 e. The molecule has 1 aromatic heterocycles. The molecule has 4 heteroatoms. The van der Waals surface area contributed by atoms with E-state index >= 15 is 0 Å². The topological polar surface area (TPSA) is 42.7 Å². The lowest BCUT2D eigenvalue weighted by Crippen LogP contribution is -2.22. The van der Waals surface area contributed by atoms with E-state index in [2.05, 4.69) is 36.4 Å². The third-order valence-corrected chi connectivity index (χ3v) is 3.99. The van der Waals surface area contributed by atoms with Crippen LogP contribution in [0.15, 0.2) is 6.20 Å². The predicted octanol–water partition coefficient (Wildman–Crippen LogP) is 3.09. The van der Waals surface area contributed by atoms with Crippen LogP contribution in [0, 0.1) is 5.92 Å². The van der Waals surface area contributed by atoms with Crippen molar-refractivity contribution in [2.24, 2.45) is 5.92 Å². The minimum absolute atomic E-state index is 0.0212. The highest BCUT2D eigenvalue weighted by Crippen LogP contribution is 2.25. The van der Waals surface area contributed by atoms with Crippen LogP contribution >= 0.6 is 0 Å². The molecule has 2 rings (SSSR count). The first-order chi connectivity index (χ1) is 9.05. The normalized spacial score (nSPS) is 17.8. The van der Waals surface area contributed by atoms with E-state index in [4.69, 9.17) is 0 Å². The van der Waals surface area contributed by atoms with Gasteiger partial charge in [0, 0.05) is 6.54 Å². The Morgan fingerprint density at radius 1 is 1.26 bits per heavy atom. The van der Waals surface area contributed by atoms with Crippen LogP contribution in [0.25, 0.3) is 0 Å². The lowest BCUT2D eigenvalue weighted by molar-refractivity contribution is 0.333. The van der Waals surface area contributed by atoms with Crippen LogP contribution in [0.1, 0.15) is 65.0 Å². The summed E-state index contributed by atoms with van der Waals surface area (Å²) >= 11 is 0. The Labute approximate surface area is 117 Å². The molecule has 1 N–H and O–H groups in total. The maximum Gasteiger partial charge on any atom is 0.0965 e. The highest BCUT2D eigenvalue weighted by Gasteiger charge is 2.15. The van der Waals surface area contributed by atoms with Gasteiger partial charge in [-0.2, -0.15) is 0 Å². The molecule has 0 atom stereocenters. The van der Waals surface area contributed by atoms with Crippen molar-refractivity contribution < 1.29 is 0 Å². The van der Waals surface area contributed by atoms with Gasteiger partial charge in [-0.25, -0.2) is 4.68 Å². The quantitative estimate of drug-likeness (QED) is 0.831. The molecular formula is C15H28N4. The van der Waals surface area contributed by atoms with Crippen LogP contribution in [0.3, 0.4) is 0 Å². The number of nitrogens with one attached hydrogen (secondary N) is 1. The number of nitrogens with zero attached hydrogens (tertiary/aromatic N) is 3. The zero-order chi connectivity index (χ0) is 13.7. The second-order valence-corrected chi connectivity index (χ2v) is 6.79. The summed E-state index contributed by atoms with van der Waals surface area (Å²) in [5.74, 6) is 0.950. The predicted molar refractivity (Wildman–Crippen MR) is 77.9 cm³/mol. The van der Waals surface area contributed by atoms with Gasteiger partial charge in [0.15, 0.2) is 0 Å². The highest BCUT2D eigenvalue weighted by atomic mass is 15.4. The molecule has 1 aliphatic carbocycles. The summed E-state index contributed by atoms with van der Waals surface area (Å²) in [4.78, 5) is 0. The maximum absolute atomic E-state index is 4.22. The highest BCUT2D eigenvalue weighted by molar-refractivity contribution is 4.94. The second-order valence-electron chi connectivity index (χ2n) is 6.79. The summed E-state index contributed by atoms with van der Waals surface area (Å²) in [6, 6.07) is 0. The molecular weight excluding hydrogens is 236 g/mol. The number of rotatable bonds is 5.